The Balaban J connectivity index is 2.14. The molecule has 0 N–H and O–H groups in total. The van der Waals surface area contributed by atoms with E-state index in [-0.39, 0.29) is 0 Å². The predicted octanol–water partition coefficient (Wildman–Crippen LogP) is 4.28. The van der Waals surface area contributed by atoms with Crippen LogP contribution in [0.3, 0.4) is 0 Å². The highest BCUT2D eigenvalue weighted by Crippen LogP contribution is 2.33. The normalized spacial score (nSPS) is 16.0. The molecule has 1 aliphatic rings. The second kappa shape index (κ2) is 4.99. The molecule has 1 heterocycles. The Morgan fingerprint density at radius 1 is 1.31 bits per heavy atom. The van der Waals surface area contributed by atoms with Crippen LogP contribution >= 0.6 is 34.8 Å². The van der Waals surface area contributed by atoms with Gasteiger partial charge in [-0.1, -0.05) is 41.2 Å². The van der Waals surface area contributed by atoms with E-state index >= 15 is 0 Å². The number of rotatable bonds is 3. The van der Waals surface area contributed by atoms with Gasteiger partial charge in [0.1, 0.15) is 11.0 Å². The fourth-order valence-corrected chi connectivity index (χ4v) is 2.49. The maximum atomic E-state index is 6.09. The fourth-order valence-electron chi connectivity index (χ4n) is 1.85. The standard InChI is InChI=1S/C11H13Cl3N2/c1-16(6-7-3-2-4-7)11-9(13)5-8(12)10(14)15-11/h5,7H,2-4,6H2,1H3. The predicted molar refractivity (Wildman–Crippen MR) is 69.9 cm³/mol. The van der Waals surface area contributed by atoms with Crippen molar-refractivity contribution in [3.8, 4) is 0 Å². The van der Waals surface area contributed by atoms with Crippen molar-refractivity contribution >= 4 is 40.6 Å². The second-order valence-corrected chi connectivity index (χ2v) is 5.42. The summed E-state index contributed by atoms with van der Waals surface area (Å²) >= 11 is 17.8. The zero-order valence-electron chi connectivity index (χ0n) is 9.01. The highest BCUT2D eigenvalue weighted by atomic mass is 35.5. The van der Waals surface area contributed by atoms with Crippen molar-refractivity contribution < 1.29 is 0 Å². The van der Waals surface area contributed by atoms with Crippen LogP contribution in [0.4, 0.5) is 5.82 Å². The summed E-state index contributed by atoms with van der Waals surface area (Å²) in [5.41, 5.74) is 0. The highest BCUT2D eigenvalue weighted by molar-refractivity contribution is 6.42. The SMILES string of the molecule is CN(CC1CCC1)c1nc(Cl)c(Cl)cc1Cl. The topological polar surface area (TPSA) is 16.1 Å². The Bertz CT molecular complexity index is 391. The first-order valence-electron chi connectivity index (χ1n) is 5.30. The van der Waals surface area contributed by atoms with Gasteiger partial charge in [0.2, 0.25) is 0 Å². The molecule has 5 heteroatoms. The van der Waals surface area contributed by atoms with Crippen molar-refractivity contribution in [1.29, 1.82) is 0 Å². The number of hydrogen-bond donors (Lipinski definition) is 0. The Hall–Kier alpha value is -0.180. The number of halogens is 3. The third-order valence-electron chi connectivity index (χ3n) is 2.99. The molecule has 88 valence electrons. The van der Waals surface area contributed by atoms with Crippen molar-refractivity contribution in [1.82, 2.24) is 4.98 Å². The second-order valence-electron chi connectivity index (χ2n) is 4.24. The smallest absolute Gasteiger partial charge is 0.150 e. The first kappa shape index (κ1) is 12.3. The summed E-state index contributed by atoms with van der Waals surface area (Å²) in [5.74, 6) is 1.47. The summed E-state index contributed by atoms with van der Waals surface area (Å²) in [6, 6.07) is 1.64. The Labute approximate surface area is 111 Å². The minimum Gasteiger partial charge on any atom is -0.358 e. The van der Waals surface area contributed by atoms with Gasteiger partial charge in [-0.2, -0.15) is 0 Å². The summed E-state index contributed by atoms with van der Waals surface area (Å²) in [5, 5.41) is 1.25. The maximum Gasteiger partial charge on any atom is 0.150 e. The molecule has 2 nitrogen and oxygen atoms in total. The van der Waals surface area contributed by atoms with Gasteiger partial charge in [-0.25, -0.2) is 4.98 Å². The van der Waals surface area contributed by atoms with Gasteiger partial charge in [-0.15, -0.1) is 0 Å². The van der Waals surface area contributed by atoms with E-state index in [0.717, 1.165) is 12.5 Å². The Kier molecular flexibility index (Phi) is 3.83. The molecule has 0 aromatic carbocycles. The number of pyridine rings is 1. The number of aromatic nitrogens is 1. The fraction of sp³-hybridized carbons (Fsp3) is 0.545. The van der Waals surface area contributed by atoms with Crippen molar-refractivity contribution in [3.63, 3.8) is 0 Å². The molecule has 1 aromatic heterocycles. The lowest BCUT2D eigenvalue weighted by atomic mass is 9.85. The van der Waals surface area contributed by atoms with E-state index in [1.807, 2.05) is 11.9 Å². The highest BCUT2D eigenvalue weighted by Gasteiger charge is 2.21. The minimum atomic E-state index is 0.307. The van der Waals surface area contributed by atoms with Crippen LogP contribution in [0.25, 0.3) is 0 Å². The van der Waals surface area contributed by atoms with Crippen LogP contribution < -0.4 is 4.90 Å². The van der Waals surface area contributed by atoms with E-state index in [1.165, 1.54) is 19.3 Å². The average Bonchev–Trinajstić information content (AvgIpc) is 2.17. The lowest BCUT2D eigenvalue weighted by Gasteiger charge is -2.31. The molecule has 16 heavy (non-hydrogen) atoms. The average molecular weight is 280 g/mol. The number of anilines is 1. The molecule has 0 amide bonds. The molecule has 0 unspecified atom stereocenters. The molecule has 0 radical (unpaired) electrons. The third-order valence-corrected chi connectivity index (χ3v) is 3.94. The van der Waals surface area contributed by atoms with Crippen LogP contribution in [-0.4, -0.2) is 18.6 Å². The van der Waals surface area contributed by atoms with Crippen molar-refractivity contribution in [2.75, 3.05) is 18.5 Å². The number of nitrogens with zero attached hydrogens (tertiary/aromatic N) is 2. The van der Waals surface area contributed by atoms with Crippen LogP contribution in [0.2, 0.25) is 15.2 Å². The number of hydrogen-bond acceptors (Lipinski definition) is 2. The van der Waals surface area contributed by atoms with Crippen molar-refractivity contribution in [2.24, 2.45) is 5.92 Å². The van der Waals surface area contributed by atoms with Gasteiger partial charge in [-0.3, -0.25) is 0 Å². The molecule has 0 atom stereocenters. The molecule has 1 aliphatic carbocycles. The lowest BCUT2D eigenvalue weighted by molar-refractivity contribution is 0.321. The summed E-state index contributed by atoms with van der Waals surface area (Å²) in [6.07, 6.45) is 3.92. The molecule has 1 aromatic rings. The zero-order valence-corrected chi connectivity index (χ0v) is 11.3. The summed E-state index contributed by atoms with van der Waals surface area (Å²) < 4.78 is 0. The van der Waals surface area contributed by atoms with Crippen LogP contribution in [0.5, 0.6) is 0 Å². The molecule has 1 fully saturated rings. The van der Waals surface area contributed by atoms with Gasteiger partial charge in [0, 0.05) is 13.6 Å². The first-order chi connectivity index (χ1) is 7.58. The van der Waals surface area contributed by atoms with Gasteiger partial charge >= 0.3 is 0 Å². The van der Waals surface area contributed by atoms with Gasteiger partial charge in [0.15, 0.2) is 0 Å². The molecular formula is C11H13Cl3N2. The van der Waals surface area contributed by atoms with E-state index in [0.29, 0.717) is 21.0 Å². The van der Waals surface area contributed by atoms with E-state index in [2.05, 4.69) is 4.98 Å². The largest absolute Gasteiger partial charge is 0.358 e. The van der Waals surface area contributed by atoms with E-state index in [9.17, 15) is 0 Å². The minimum absolute atomic E-state index is 0.307. The lowest BCUT2D eigenvalue weighted by Crippen LogP contribution is -2.30. The quantitative estimate of drug-likeness (QED) is 0.768. The molecule has 1 saturated carbocycles. The van der Waals surface area contributed by atoms with Gasteiger partial charge in [0.25, 0.3) is 0 Å². The first-order valence-corrected chi connectivity index (χ1v) is 6.44. The van der Waals surface area contributed by atoms with Gasteiger partial charge in [0.05, 0.1) is 10.0 Å². The maximum absolute atomic E-state index is 6.09. The Morgan fingerprint density at radius 2 is 2.00 bits per heavy atom. The van der Waals surface area contributed by atoms with Gasteiger partial charge < -0.3 is 4.90 Å². The van der Waals surface area contributed by atoms with Crippen molar-refractivity contribution in [3.05, 3.63) is 21.3 Å². The molecule has 0 saturated heterocycles. The van der Waals surface area contributed by atoms with E-state index in [4.69, 9.17) is 34.8 Å². The summed E-state index contributed by atoms with van der Waals surface area (Å²) in [6.45, 7) is 0.977. The summed E-state index contributed by atoms with van der Waals surface area (Å²) in [4.78, 5) is 6.26. The molecule has 0 bridgehead atoms. The third kappa shape index (κ3) is 2.55. The molecular weight excluding hydrogens is 266 g/mol. The zero-order chi connectivity index (χ0) is 11.7. The monoisotopic (exact) mass is 278 g/mol. The van der Waals surface area contributed by atoms with Crippen LogP contribution in [0.15, 0.2) is 6.07 Å². The van der Waals surface area contributed by atoms with Gasteiger partial charge in [-0.05, 0) is 24.8 Å². The van der Waals surface area contributed by atoms with E-state index in [1.54, 1.807) is 6.07 Å². The molecule has 0 aliphatic heterocycles. The Morgan fingerprint density at radius 3 is 2.56 bits per heavy atom. The molecule has 2 rings (SSSR count). The van der Waals surface area contributed by atoms with E-state index < -0.39 is 0 Å². The van der Waals surface area contributed by atoms with Crippen LogP contribution in [0.1, 0.15) is 19.3 Å². The van der Waals surface area contributed by atoms with Crippen LogP contribution in [-0.2, 0) is 0 Å². The van der Waals surface area contributed by atoms with Crippen LogP contribution in [0, 0.1) is 5.92 Å². The van der Waals surface area contributed by atoms with Crippen molar-refractivity contribution in [2.45, 2.75) is 19.3 Å². The molecule has 0 spiro atoms. The summed E-state index contributed by atoms with van der Waals surface area (Å²) in [7, 11) is 1.98.